The van der Waals surface area contributed by atoms with Crippen LogP contribution in [0.1, 0.15) is 426 Å². The maximum atomic E-state index is 8.98. The molecule has 0 spiro atoms. The fourth-order valence-electron chi connectivity index (χ4n) is 27.8. The lowest BCUT2D eigenvalue weighted by Gasteiger charge is -2.49. The molecule has 8 unspecified atom stereocenters. The van der Waals surface area contributed by atoms with E-state index in [1.54, 1.807) is 0 Å². The zero-order valence-corrected chi connectivity index (χ0v) is 102. The summed E-state index contributed by atoms with van der Waals surface area (Å²) in [6.07, 6.45) is 47.4. The number of rotatable bonds is 23. The standard InChI is InChI=1S/C13H25N.C12H25NO.3C11H23NO.C11H23N.2C10H19N.4C9H19NO/c1-13(2,3)11-7-6-10-14-9-5-4-8-12(11)14;1-10-11(12(2,3)4)6-5-7-13(10)8-9-14;3*1-4-13-9-8-12-7-5-6-10(2)11(12)3;1-5-10-9(11(2,3)4)7-6-8-12-10;2*1-9-5-4-8-11-7-3-2-6-10(9)11;4*1-8-4-3-5-10(6-7-11)9(8)2/h11-12H,4-10H2,1-3H3;10-11,14H,5-9H2,1-4H3;3*10-11H,4-9H2,1-3H3;9-10,12H,5-8H2,1-4H3;2*9-10H,2-8H2,1H3;4*8-9,11H,3-7H2,1-2H3/t;;2*10-,11+;10-,11-;;2*9-,10?;2*8-,9+;2*8-,9-/m..100.101010/s1. The van der Waals surface area contributed by atoms with Gasteiger partial charge in [-0.1, -0.05) is 151 Å². The molecule has 0 bridgehead atoms. The Labute approximate surface area is 902 Å². The Hall–Kier alpha value is -0.800. The van der Waals surface area contributed by atoms with E-state index in [9.17, 15) is 0 Å². The van der Waals surface area contributed by atoms with Crippen LogP contribution in [0.3, 0.4) is 0 Å². The van der Waals surface area contributed by atoms with Crippen molar-refractivity contribution in [3.63, 3.8) is 0 Å². The molecule has 15 aliphatic rings. The van der Waals surface area contributed by atoms with Crippen LogP contribution in [-0.4, -0.2) is 375 Å². The minimum Gasteiger partial charge on any atom is -0.395 e. The number of ether oxygens (including phenoxy) is 3. The number of piperidine rings is 15. The number of aliphatic hydroxyl groups excluding tert-OH is 5. The molecular formula is C125H256N12O8. The van der Waals surface area contributed by atoms with Crippen LogP contribution < -0.4 is 5.32 Å². The van der Waals surface area contributed by atoms with E-state index in [0.717, 1.165) is 212 Å². The second kappa shape index (κ2) is 76.8. The normalized spacial score (nSPS) is 33.7. The minimum atomic E-state index is 0.293. The van der Waals surface area contributed by atoms with Crippen molar-refractivity contribution in [2.45, 2.75) is 499 Å². The van der Waals surface area contributed by atoms with E-state index in [4.69, 9.17) is 39.7 Å². The topological polar surface area (TPSA) is 177 Å². The summed E-state index contributed by atoms with van der Waals surface area (Å²) in [6.45, 7) is 103. The second-order valence-electron chi connectivity index (χ2n) is 52.1. The fraction of sp³-hybridized carbons (Fsp3) is 1.00. The number of nitrogens with one attached hydrogen (secondary N) is 1. The van der Waals surface area contributed by atoms with Gasteiger partial charge >= 0.3 is 0 Å². The van der Waals surface area contributed by atoms with Gasteiger partial charge in [-0.2, -0.15) is 0 Å². The molecule has 0 aromatic rings. The fourth-order valence-corrected chi connectivity index (χ4v) is 27.8. The van der Waals surface area contributed by atoms with Crippen LogP contribution in [-0.2, 0) is 14.2 Å². The molecule has 20 heteroatoms. The number of hydrogen-bond donors (Lipinski definition) is 6. The molecule has 20 nitrogen and oxygen atoms in total. The van der Waals surface area contributed by atoms with Crippen molar-refractivity contribution in [2.75, 3.05) is 223 Å². The number of β-amino-alcohol motifs (C(OH)–C–C–N with tert-alkyl or cyclic N) is 5. The van der Waals surface area contributed by atoms with E-state index in [2.05, 4.69) is 267 Å². The number of fused-ring (bicyclic) bond motifs is 3. The van der Waals surface area contributed by atoms with Gasteiger partial charge in [0.2, 0.25) is 0 Å². The van der Waals surface area contributed by atoms with Gasteiger partial charge in [0, 0.05) is 145 Å². The predicted octanol–water partition coefficient (Wildman–Crippen LogP) is 23.6. The van der Waals surface area contributed by atoms with Gasteiger partial charge in [0.05, 0.1) is 52.9 Å². The molecule has 864 valence electrons. The second-order valence-corrected chi connectivity index (χ2v) is 52.1. The maximum Gasteiger partial charge on any atom is 0.0593 e. The number of nitrogens with zero attached hydrogens (tertiary/aromatic N) is 11. The van der Waals surface area contributed by atoms with Gasteiger partial charge in [0.1, 0.15) is 0 Å². The summed E-state index contributed by atoms with van der Waals surface area (Å²) in [7, 11) is 0. The molecule has 15 rings (SSSR count). The summed E-state index contributed by atoms with van der Waals surface area (Å²) in [5.41, 5.74) is 1.39. The molecule has 15 heterocycles. The number of aliphatic hydroxyl groups is 5. The van der Waals surface area contributed by atoms with Crippen LogP contribution in [0, 0.1) is 87.3 Å². The molecule has 15 aliphatic heterocycles. The summed E-state index contributed by atoms with van der Waals surface area (Å²) in [4.78, 5) is 27.8. The van der Waals surface area contributed by atoms with Crippen LogP contribution in [0.2, 0.25) is 0 Å². The van der Waals surface area contributed by atoms with Gasteiger partial charge in [-0.3, -0.25) is 39.2 Å². The molecule has 24 atom stereocenters. The quantitative estimate of drug-likeness (QED) is 0.0532. The smallest absolute Gasteiger partial charge is 0.0593 e. The molecule has 0 amide bonds. The average molecular weight is 2060 g/mol. The Morgan fingerprint density at radius 3 is 0.683 bits per heavy atom. The third kappa shape index (κ3) is 51.6. The Morgan fingerprint density at radius 2 is 0.434 bits per heavy atom. The first-order valence-corrected chi connectivity index (χ1v) is 62.8. The summed E-state index contributed by atoms with van der Waals surface area (Å²) < 4.78 is 16.1. The van der Waals surface area contributed by atoms with Crippen LogP contribution in [0.25, 0.3) is 0 Å². The molecule has 145 heavy (non-hydrogen) atoms. The third-order valence-electron chi connectivity index (χ3n) is 39.1. The SMILES string of the molecule is CC(C)(C)C1CCCN2CCCCC12.CC1C(C(C)(C)C)CCCN1CCO.CCC1NCCCC1C(C)(C)C.CCOCCN1CCC[C@@H](C)[C@@H]1C.CCOCCN1CCC[C@H](C)[C@@H]1C.CCOCCN1CCC[C@H](C)[C@H]1C.C[C@@H]1CCCN(CCO)[C@@H]1C.C[C@@H]1CCCN(CCO)[C@H]1C.C[C@@H]1CCCN2CCCCC12.C[C@@H]1[C@@H](C)CCCN1CCO.C[C@H]1CCCN(CCO)[C@H]1C.C[C@H]1CCCN2CCCCC12. The molecule has 0 aromatic heterocycles. The maximum absolute atomic E-state index is 8.98. The van der Waals surface area contributed by atoms with Gasteiger partial charge in [-0.15, -0.1) is 0 Å². The van der Waals surface area contributed by atoms with Crippen LogP contribution in [0.4, 0.5) is 0 Å². The molecule has 0 saturated carbocycles. The highest BCUT2D eigenvalue weighted by molar-refractivity contribution is 4.95. The molecule has 15 fully saturated rings. The van der Waals surface area contributed by atoms with Crippen molar-refractivity contribution >= 4 is 0 Å². The Kier molecular flexibility index (Phi) is 72.3. The monoisotopic (exact) mass is 2050 g/mol. The first-order valence-electron chi connectivity index (χ1n) is 62.8. The van der Waals surface area contributed by atoms with Crippen LogP contribution >= 0.6 is 0 Å². The van der Waals surface area contributed by atoms with Gasteiger partial charge < -0.3 is 59.8 Å². The van der Waals surface area contributed by atoms with E-state index < -0.39 is 0 Å². The highest BCUT2D eigenvalue weighted by atomic mass is 16.5. The molecule has 0 radical (unpaired) electrons. The highest BCUT2D eigenvalue weighted by Gasteiger charge is 2.42. The van der Waals surface area contributed by atoms with Gasteiger partial charge in [-0.25, -0.2) is 0 Å². The van der Waals surface area contributed by atoms with Crippen molar-refractivity contribution in [3.05, 3.63) is 0 Å². The Balaban J connectivity index is 0.000000330. The minimum absolute atomic E-state index is 0.293. The highest BCUT2D eigenvalue weighted by Crippen LogP contribution is 2.43. The molecule has 6 N–H and O–H groups in total. The summed E-state index contributed by atoms with van der Waals surface area (Å²) in [5.74, 6) is 10.3. The lowest BCUT2D eigenvalue weighted by molar-refractivity contribution is 0.00850. The first-order chi connectivity index (χ1) is 69.1. The number of likely N-dealkylation sites (tertiary alicyclic amines) is 8. The molecular weight excluding hydrogens is 1800 g/mol. The Morgan fingerprint density at radius 1 is 0.221 bits per heavy atom. The summed E-state index contributed by atoms with van der Waals surface area (Å²) in [5, 5.41) is 47.7. The van der Waals surface area contributed by atoms with Crippen molar-refractivity contribution in [1.82, 2.24) is 59.2 Å². The van der Waals surface area contributed by atoms with E-state index in [1.165, 1.54) is 310 Å². The zero-order chi connectivity index (χ0) is 108. The van der Waals surface area contributed by atoms with Crippen LogP contribution in [0.5, 0.6) is 0 Å². The van der Waals surface area contributed by atoms with Gasteiger partial charge in [-0.05, 0) is 461 Å². The van der Waals surface area contributed by atoms with Crippen molar-refractivity contribution in [1.29, 1.82) is 0 Å². The third-order valence-corrected chi connectivity index (χ3v) is 39.1. The van der Waals surface area contributed by atoms with Crippen LogP contribution in [0.15, 0.2) is 0 Å². The number of hydrogen-bond acceptors (Lipinski definition) is 20. The van der Waals surface area contributed by atoms with E-state index in [1.807, 2.05) is 0 Å². The zero-order valence-electron chi connectivity index (χ0n) is 102. The lowest BCUT2D eigenvalue weighted by Crippen LogP contribution is -2.51. The predicted molar refractivity (Wildman–Crippen MR) is 625 cm³/mol. The summed E-state index contributed by atoms with van der Waals surface area (Å²) in [6, 6.07) is 9.10. The summed E-state index contributed by atoms with van der Waals surface area (Å²) >= 11 is 0. The van der Waals surface area contributed by atoms with E-state index in [0.29, 0.717) is 79.5 Å². The molecule has 0 aromatic carbocycles. The first kappa shape index (κ1) is 136. The van der Waals surface area contributed by atoms with Crippen molar-refractivity contribution in [2.24, 2.45) is 87.3 Å². The van der Waals surface area contributed by atoms with E-state index >= 15 is 0 Å². The van der Waals surface area contributed by atoms with Gasteiger partial charge in [0.25, 0.3) is 0 Å². The van der Waals surface area contributed by atoms with E-state index in [-0.39, 0.29) is 0 Å². The van der Waals surface area contributed by atoms with Crippen molar-refractivity contribution < 1.29 is 39.7 Å². The largest absolute Gasteiger partial charge is 0.395 e. The van der Waals surface area contributed by atoms with Crippen molar-refractivity contribution in [3.8, 4) is 0 Å². The lowest BCUT2D eigenvalue weighted by atomic mass is 9.69. The average Bonchev–Trinajstić information content (AvgIpc) is 0.841. The molecule has 15 saturated heterocycles. The molecule has 0 aliphatic carbocycles. The van der Waals surface area contributed by atoms with Gasteiger partial charge in [0.15, 0.2) is 0 Å². The Bertz CT molecular complexity index is 2790.